The highest BCUT2D eigenvalue weighted by Gasteiger charge is 2.34. The fourth-order valence-corrected chi connectivity index (χ4v) is 1.74. The first kappa shape index (κ1) is 15.1. The standard InChI is InChI=1S/C13H8F6N2/c14-12(15,16)9-3-1-2-7(4-9)8-5-10(13(17,18)19)21-11(20)6-8/h1-6H,(H2,20,21). The summed E-state index contributed by atoms with van der Waals surface area (Å²) in [5.74, 6) is -0.419. The number of hydrogen-bond donors (Lipinski definition) is 1. The van der Waals surface area contributed by atoms with E-state index < -0.39 is 29.4 Å². The summed E-state index contributed by atoms with van der Waals surface area (Å²) >= 11 is 0. The van der Waals surface area contributed by atoms with Gasteiger partial charge in [-0.2, -0.15) is 26.3 Å². The van der Waals surface area contributed by atoms with Crippen LogP contribution in [0, 0.1) is 0 Å². The molecule has 0 amide bonds. The van der Waals surface area contributed by atoms with Gasteiger partial charge in [0.05, 0.1) is 5.56 Å². The topological polar surface area (TPSA) is 38.9 Å². The molecule has 2 N–H and O–H groups in total. The van der Waals surface area contributed by atoms with Crippen LogP contribution in [0.5, 0.6) is 0 Å². The molecule has 0 aliphatic heterocycles. The third kappa shape index (κ3) is 3.45. The second kappa shape index (κ2) is 4.94. The summed E-state index contributed by atoms with van der Waals surface area (Å²) in [4.78, 5) is 3.13. The Kier molecular flexibility index (Phi) is 3.56. The van der Waals surface area contributed by atoms with Crippen LogP contribution < -0.4 is 5.73 Å². The van der Waals surface area contributed by atoms with Gasteiger partial charge in [-0.1, -0.05) is 12.1 Å². The van der Waals surface area contributed by atoms with E-state index in [9.17, 15) is 26.3 Å². The summed E-state index contributed by atoms with van der Waals surface area (Å²) < 4.78 is 75.7. The Morgan fingerprint density at radius 1 is 0.810 bits per heavy atom. The molecular weight excluding hydrogens is 298 g/mol. The van der Waals surface area contributed by atoms with Crippen LogP contribution in [0.4, 0.5) is 32.2 Å². The highest BCUT2D eigenvalue weighted by Crippen LogP contribution is 2.35. The van der Waals surface area contributed by atoms with E-state index in [1.54, 1.807) is 0 Å². The van der Waals surface area contributed by atoms with Gasteiger partial charge in [-0.05, 0) is 35.4 Å². The fourth-order valence-electron chi connectivity index (χ4n) is 1.74. The number of alkyl halides is 6. The third-order valence-electron chi connectivity index (χ3n) is 2.66. The van der Waals surface area contributed by atoms with Gasteiger partial charge >= 0.3 is 12.4 Å². The lowest BCUT2D eigenvalue weighted by Gasteiger charge is -2.11. The van der Waals surface area contributed by atoms with Crippen molar-refractivity contribution in [3.8, 4) is 11.1 Å². The zero-order chi connectivity index (χ0) is 15.8. The lowest BCUT2D eigenvalue weighted by molar-refractivity contribution is -0.141. The van der Waals surface area contributed by atoms with Crippen molar-refractivity contribution < 1.29 is 26.3 Å². The monoisotopic (exact) mass is 306 g/mol. The summed E-state index contributed by atoms with van der Waals surface area (Å²) in [6.45, 7) is 0. The highest BCUT2D eigenvalue weighted by molar-refractivity contribution is 5.67. The van der Waals surface area contributed by atoms with Crippen molar-refractivity contribution in [1.82, 2.24) is 4.98 Å². The van der Waals surface area contributed by atoms with Crippen molar-refractivity contribution in [3.63, 3.8) is 0 Å². The number of benzene rings is 1. The fraction of sp³-hybridized carbons (Fsp3) is 0.154. The molecule has 2 rings (SSSR count). The molecule has 0 aliphatic carbocycles. The molecule has 112 valence electrons. The molecule has 1 aromatic heterocycles. The van der Waals surface area contributed by atoms with Crippen LogP contribution in [0.3, 0.4) is 0 Å². The molecule has 1 aromatic carbocycles. The lowest BCUT2D eigenvalue weighted by atomic mass is 10.0. The van der Waals surface area contributed by atoms with Gasteiger partial charge in [0.2, 0.25) is 0 Å². The minimum atomic E-state index is -4.73. The average Bonchev–Trinajstić information content (AvgIpc) is 2.36. The molecule has 1 heterocycles. The lowest BCUT2D eigenvalue weighted by Crippen LogP contribution is -2.10. The van der Waals surface area contributed by atoms with Crippen molar-refractivity contribution in [3.05, 3.63) is 47.7 Å². The van der Waals surface area contributed by atoms with Crippen molar-refractivity contribution >= 4 is 5.82 Å². The van der Waals surface area contributed by atoms with Gasteiger partial charge in [0, 0.05) is 0 Å². The first-order chi connectivity index (χ1) is 9.57. The molecule has 8 heteroatoms. The Balaban J connectivity index is 2.55. The van der Waals surface area contributed by atoms with Gasteiger partial charge in [0.25, 0.3) is 0 Å². The van der Waals surface area contributed by atoms with E-state index in [0.717, 1.165) is 24.3 Å². The molecule has 2 nitrogen and oxygen atoms in total. The maximum Gasteiger partial charge on any atom is 0.433 e. The SMILES string of the molecule is Nc1cc(-c2cccc(C(F)(F)F)c2)cc(C(F)(F)F)n1. The van der Waals surface area contributed by atoms with Crippen molar-refractivity contribution in [2.24, 2.45) is 0 Å². The van der Waals surface area contributed by atoms with Crippen LogP contribution in [-0.4, -0.2) is 4.98 Å². The Labute approximate surface area is 115 Å². The molecule has 0 aliphatic rings. The Bertz CT molecular complexity index is 660. The minimum absolute atomic E-state index is 0.0237. The number of pyridine rings is 1. The Morgan fingerprint density at radius 2 is 1.48 bits per heavy atom. The third-order valence-corrected chi connectivity index (χ3v) is 2.66. The zero-order valence-corrected chi connectivity index (χ0v) is 10.3. The Morgan fingerprint density at radius 3 is 2.05 bits per heavy atom. The molecule has 0 saturated heterocycles. The number of nitrogens with two attached hydrogens (primary N) is 1. The van der Waals surface area contributed by atoms with Crippen molar-refractivity contribution in [2.75, 3.05) is 5.73 Å². The highest BCUT2D eigenvalue weighted by atomic mass is 19.4. The summed E-state index contributed by atoms with van der Waals surface area (Å²) in [6, 6.07) is 5.72. The molecule has 0 fully saturated rings. The number of nitrogen functional groups attached to an aromatic ring is 1. The second-order valence-electron chi connectivity index (χ2n) is 4.24. The maximum atomic E-state index is 12.6. The van der Waals surface area contributed by atoms with E-state index in [2.05, 4.69) is 4.98 Å². The van der Waals surface area contributed by atoms with Crippen LogP contribution in [-0.2, 0) is 12.4 Å². The molecule has 0 saturated carbocycles. The van der Waals surface area contributed by atoms with E-state index >= 15 is 0 Å². The molecule has 2 aromatic rings. The van der Waals surface area contributed by atoms with E-state index in [4.69, 9.17) is 5.73 Å². The number of hydrogen-bond acceptors (Lipinski definition) is 2. The smallest absolute Gasteiger partial charge is 0.384 e. The van der Waals surface area contributed by atoms with Crippen LogP contribution in [0.2, 0.25) is 0 Å². The number of anilines is 1. The molecule has 0 spiro atoms. The van der Waals surface area contributed by atoms with E-state index in [1.807, 2.05) is 0 Å². The number of halogens is 6. The first-order valence-electron chi connectivity index (χ1n) is 5.60. The van der Waals surface area contributed by atoms with Gasteiger partial charge in [-0.15, -0.1) is 0 Å². The van der Waals surface area contributed by atoms with Crippen LogP contribution >= 0.6 is 0 Å². The van der Waals surface area contributed by atoms with E-state index in [0.29, 0.717) is 6.07 Å². The van der Waals surface area contributed by atoms with Gasteiger partial charge in [-0.3, -0.25) is 0 Å². The van der Waals surface area contributed by atoms with Gasteiger partial charge in [-0.25, -0.2) is 4.98 Å². The largest absolute Gasteiger partial charge is 0.433 e. The molecule has 0 bridgehead atoms. The average molecular weight is 306 g/mol. The van der Waals surface area contributed by atoms with E-state index in [1.165, 1.54) is 6.07 Å². The second-order valence-corrected chi connectivity index (χ2v) is 4.24. The summed E-state index contributed by atoms with van der Waals surface area (Å²) in [5, 5.41) is 0. The van der Waals surface area contributed by atoms with Crippen LogP contribution in [0.15, 0.2) is 36.4 Å². The van der Waals surface area contributed by atoms with Gasteiger partial charge in [0.1, 0.15) is 11.5 Å². The van der Waals surface area contributed by atoms with Crippen molar-refractivity contribution in [1.29, 1.82) is 0 Å². The summed E-state index contributed by atoms with van der Waals surface area (Å²) in [5.41, 5.74) is 2.97. The predicted molar refractivity (Wildman–Crippen MR) is 64.1 cm³/mol. The molecule has 0 unspecified atom stereocenters. The number of nitrogens with zero attached hydrogens (tertiary/aromatic N) is 1. The number of aromatic nitrogens is 1. The quantitative estimate of drug-likeness (QED) is 0.795. The van der Waals surface area contributed by atoms with E-state index in [-0.39, 0.29) is 11.1 Å². The Hall–Kier alpha value is -2.25. The first-order valence-corrected chi connectivity index (χ1v) is 5.60. The maximum absolute atomic E-state index is 12.6. The predicted octanol–water partition coefficient (Wildman–Crippen LogP) is 4.37. The molecular formula is C13H8F6N2. The van der Waals surface area contributed by atoms with Crippen LogP contribution in [0.25, 0.3) is 11.1 Å². The normalized spacial score (nSPS) is 12.5. The number of rotatable bonds is 1. The molecule has 21 heavy (non-hydrogen) atoms. The zero-order valence-electron chi connectivity index (χ0n) is 10.3. The van der Waals surface area contributed by atoms with Crippen molar-refractivity contribution in [2.45, 2.75) is 12.4 Å². The summed E-state index contributed by atoms with van der Waals surface area (Å²) in [6.07, 6.45) is -9.31. The molecule has 0 radical (unpaired) electrons. The van der Waals surface area contributed by atoms with Gasteiger partial charge in [0.15, 0.2) is 0 Å². The van der Waals surface area contributed by atoms with Crippen LogP contribution in [0.1, 0.15) is 11.3 Å². The minimum Gasteiger partial charge on any atom is -0.384 e. The summed E-state index contributed by atoms with van der Waals surface area (Å²) in [7, 11) is 0. The molecule has 0 atom stereocenters. The van der Waals surface area contributed by atoms with Gasteiger partial charge < -0.3 is 5.73 Å².